The van der Waals surface area contributed by atoms with Crippen LogP contribution in [0.15, 0.2) is 35.7 Å². The summed E-state index contributed by atoms with van der Waals surface area (Å²) in [6.45, 7) is 4.73. The van der Waals surface area contributed by atoms with Crippen LogP contribution in [0.2, 0.25) is 5.02 Å². The molecule has 26 heavy (non-hydrogen) atoms. The quantitative estimate of drug-likeness (QED) is 0.757. The van der Waals surface area contributed by atoms with Gasteiger partial charge in [-0.05, 0) is 68.1 Å². The molecular weight excluding hydrogens is 368 g/mol. The number of aryl methyl sites for hydroxylation is 1. The average molecular weight is 393 g/mol. The van der Waals surface area contributed by atoms with Crippen LogP contribution in [0.5, 0.6) is 5.75 Å². The Bertz CT molecular complexity index is 715. The molecule has 0 bridgehead atoms. The van der Waals surface area contributed by atoms with Crippen LogP contribution in [0.3, 0.4) is 0 Å². The SMILES string of the molecule is Cc1cc(OCC(=O)NC[C@@H](c2cccs2)N2CCCCC2)ccc1Cl. The molecule has 0 aliphatic carbocycles. The highest BCUT2D eigenvalue weighted by molar-refractivity contribution is 7.10. The normalized spacial score (nSPS) is 16.2. The summed E-state index contributed by atoms with van der Waals surface area (Å²) in [6, 6.07) is 9.89. The topological polar surface area (TPSA) is 41.6 Å². The fraction of sp³-hybridized carbons (Fsp3) is 0.450. The van der Waals surface area contributed by atoms with Gasteiger partial charge in [-0.1, -0.05) is 24.1 Å². The standard InChI is InChI=1S/C20H25ClN2O2S/c1-15-12-16(7-8-17(15)21)25-14-20(24)22-13-18(19-6-5-11-26-19)23-9-3-2-4-10-23/h5-8,11-12,18H,2-4,9-10,13-14H2,1H3,(H,22,24)/t18-/m0/s1. The van der Waals surface area contributed by atoms with Crippen LogP contribution in [-0.2, 0) is 4.79 Å². The van der Waals surface area contributed by atoms with Crippen molar-refractivity contribution in [2.75, 3.05) is 26.2 Å². The molecule has 0 saturated carbocycles. The fourth-order valence-electron chi connectivity index (χ4n) is 3.24. The van der Waals surface area contributed by atoms with Gasteiger partial charge in [0.05, 0.1) is 6.04 Å². The number of halogens is 1. The maximum Gasteiger partial charge on any atom is 0.258 e. The number of carbonyl (C=O) groups is 1. The van der Waals surface area contributed by atoms with Crippen LogP contribution >= 0.6 is 22.9 Å². The highest BCUT2D eigenvalue weighted by atomic mass is 35.5. The lowest BCUT2D eigenvalue weighted by Crippen LogP contribution is -2.41. The fourth-order valence-corrected chi connectivity index (χ4v) is 4.22. The first-order chi connectivity index (χ1) is 12.6. The van der Waals surface area contributed by atoms with Crippen molar-refractivity contribution in [3.8, 4) is 5.75 Å². The first-order valence-electron chi connectivity index (χ1n) is 9.06. The molecule has 0 spiro atoms. The Morgan fingerprint density at radius 3 is 2.81 bits per heavy atom. The number of nitrogens with one attached hydrogen (secondary N) is 1. The van der Waals surface area contributed by atoms with Crippen LogP contribution < -0.4 is 10.1 Å². The van der Waals surface area contributed by atoms with Gasteiger partial charge < -0.3 is 10.1 Å². The molecule has 0 radical (unpaired) electrons. The molecule has 1 amide bonds. The largest absolute Gasteiger partial charge is 0.484 e. The Balaban J connectivity index is 1.52. The second-order valence-corrected chi connectivity index (χ2v) is 8.02. The second kappa shape index (κ2) is 9.40. The average Bonchev–Trinajstić information content (AvgIpc) is 3.18. The summed E-state index contributed by atoms with van der Waals surface area (Å²) in [5.41, 5.74) is 0.937. The first kappa shape index (κ1) is 19.2. The molecule has 1 aliphatic heterocycles. The van der Waals surface area contributed by atoms with Gasteiger partial charge in [-0.15, -0.1) is 11.3 Å². The number of amides is 1. The van der Waals surface area contributed by atoms with Crippen molar-refractivity contribution < 1.29 is 9.53 Å². The summed E-state index contributed by atoms with van der Waals surface area (Å²) in [6.07, 6.45) is 3.76. The van der Waals surface area contributed by atoms with Gasteiger partial charge in [0.25, 0.3) is 5.91 Å². The Labute approximate surface area is 164 Å². The number of thiophene rings is 1. The number of nitrogens with zero attached hydrogens (tertiary/aromatic N) is 1. The molecule has 1 atom stereocenters. The predicted molar refractivity (Wildman–Crippen MR) is 107 cm³/mol. The number of carbonyl (C=O) groups excluding carboxylic acids is 1. The van der Waals surface area contributed by atoms with Crippen LogP contribution in [0.4, 0.5) is 0 Å². The van der Waals surface area contributed by atoms with Gasteiger partial charge in [-0.25, -0.2) is 0 Å². The van der Waals surface area contributed by atoms with E-state index in [9.17, 15) is 4.79 Å². The Morgan fingerprint density at radius 2 is 2.12 bits per heavy atom. The molecule has 4 nitrogen and oxygen atoms in total. The third-order valence-electron chi connectivity index (χ3n) is 4.69. The van der Waals surface area contributed by atoms with E-state index in [1.807, 2.05) is 13.0 Å². The second-order valence-electron chi connectivity index (χ2n) is 6.63. The van der Waals surface area contributed by atoms with E-state index >= 15 is 0 Å². The lowest BCUT2D eigenvalue weighted by atomic mass is 10.1. The number of ether oxygens (including phenoxy) is 1. The Kier molecular flexibility index (Phi) is 6.94. The minimum atomic E-state index is -0.101. The summed E-state index contributed by atoms with van der Waals surface area (Å²) in [5.74, 6) is 0.559. The van der Waals surface area contributed by atoms with E-state index in [2.05, 4.69) is 27.7 Å². The molecule has 1 aromatic heterocycles. The van der Waals surface area contributed by atoms with Crippen molar-refractivity contribution in [2.24, 2.45) is 0 Å². The number of benzene rings is 1. The van der Waals surface area contributed by atoms with Crippen molar-refractivity contribution in [3.63, 3.8) is 0 Å². The Morgan fingerprint density at radius 1 is 1.31 bits per heavy atom. The molecule has 3 rings (SSSR count). The molecule has 1 N–H and O–H groups in total. The number of likely N-dealkylation sites (tertiary alicyclic amines) is 1. The summed E-state index contributed by atoms with van der Waals surface area (Å²) in [4.78, 5) is 16.0. The van der Waals surface area contributed by atoms with Gasteiger partial charge in [0, 0.05) is 16.4 Å². The van der Waals surface area contributed by atoms with Crippen molar-refractivity contribution in [1.29, 1.82) is 0 Å². The molecule has 140 valence electrons. The predicted octanol–water partition coefficient (Wildman–Crippen LogP) is 4.43. The van der Waals surface area contributed by atoms with E-state index < -0.39 is 0 Å². The number of piperidine rings is 1. The molecule has 0 unspecified atom stereocenters. The van der Waals surface area contributed by atoms with Crippen molar-refractivity contribution in [1.82, 2.24) is 10.2 Å². The molecule has 1 saturated heterocycles. The number of rotatable bonds is 7. The smallest absolute Gasteiger partial charge is 0.258 e. The van der Waals surface area contributed by atoms with E-state index in [0.717, 1.165) is 18.7 Å². The van der Waals surface area contributed by atoms with Gasteiger partial charge >= 0.3 is 0 Å². The van der Waals surface area contributed by atoms with E-state index in [-0.39, 0.29) is 18.6 Å². The van der Waals surface area contributed by atoms with E-state index in [0.29, 0.717) is 17.3 Å². The maximum atomic E-state index is 12.2. The Hall–Kier alpha value is -1.56. The summed E-state index contributed by atoms with van der Waals surface area (Å²) < 4.78 is 5.59. The minimum absolute atomic E-state index is 0.0121. The zero-order chi connectivity index (χ0) is 18.4. The summed E-state index contributed by atoms with van der Waals surface area (Å²) >= 11 is 7.76. The zero-order valence-corrected chi connectivity index (χ0v) is 16.6. The summed E-state index contributed by atoms with van der Waals surface area (Å²) in [7, 11) is 0. The van der Waals surface area contributed by atoms with Gasteiger partial charge in [0.1, 0.15) is 5.75 Å². The molecule has 1 aromatic carbocycles. The minimum Gasteiger partial charge on any atom is -0.484 e. The zero-order valence-electron chi connectivity index (χ0n) is 15.0. The third-order valence-corrected chi connectivity index (χ3v) is 6.09. The van der Waals surface area contributed by atoms with Crippen LogP contribution in [0.1, 0.15) is 35.7 Å². The monoisotopic (exact) mass is 392 g/mol. The lowest BCUT2D eigenvalue weighted by molar-refractivity contribution is -0.123. The van der Waals surface area contributed by atoms with Crippen molar-refractivity contribution in [2.45, 2.75) is 32.2 Å². The van der Waals surface area contributed by atoms with Gasteiger partial charge in [-0.2, -0.15) is 0 Å². The van der Waals surface area contributed by atoms with Crippen LogP contribution in [0, 0.1) is 6.92 Å². The van der Waals surface area contributed by atoms with Crippen molar-refractivity contribution in [3.05, 3.63) is 51.2 Å². The highest BCUT2D eigenvalue weighted by Crippen LogP contribution is 2.27. The molecule has 1 fully saturated rings. The van der Waals surface area contributed by atoms with Crippen molar-refractivity contribution >= 4 is 28.8 Å². The van der Waals surface area contributed by atoms with Crippen LogP contribution in [-0.4, -0.2) is 37.0 Å². The molecule has 2 heterocycles. The maximum absolute atomic E-state index is 12.2. The highest BCUT2D eigenvalue weighted by Gasteiger charge is 2.23. The molecular formula is C20H25ClN2O2S. The lowest BCUT2D eigenvalue weighted by Gasteiger charge is -2.34. The number of hydrogen-bond acceptors (Lipinski definition) is 4. The van der Waals surface area contributed by atoms with E-state index in [4.69, 9.17) is 16.3 Å². The summed E-state index contributed by atoms with van der Waals surface area (Å²) in [5, 5.41) is 5.83. The van der Waals surface area contributed by atoms with Gasteiger partial charge in [0.15, 0.2) is 6.61 Å². The van der Waals surface area contributed by atoms with Gasteiger partial charge in [0.2, 0.25) is 0 Å². The number of hydrogen-bond donors (Lipinski definition) is 1. The first-order valence-corrected chi connectivity index (χ1v) is 10.3. The molecule has 1 aliphatic rings. The van der Waals surface area contributed by atoms with E-state index in [1.54, 1.807) is 23.5 Å². The molecule has 2 aromatic rings. The van der Waals surface area contributed by atoms with E-state index in [1.165, 1.54) is 24.1 Å². The third kappa shape index (κ3) is 5.22. The molecule has 6 heteroatoms. The van der Waals surface area contributed by atoms with Gasteiger partial charge in [-0.3, -0.25) is 9.69 Å². The van der Waals surface area contributed by atoms with Crippen LogP contribution in [0.25, 0.3) is 0 Å².